The van der Waals surface area contributed by atoms with Gasteiger partial charge in [0, 0.05) is 12.8 Å². The van der Waals surface area contributed by atoms with Crippen LogP contribution in [0.5, 0.6) is 0 Å². The smallest absolute Gasteiger partial charge is 0.306 e. The highest BCUT2D eigenvalue weighted by Crippen LogP contribution is 2.13. The summed E-state index contributed by atoms with van der Waals surface area (Å²) in [5, 5.41) is 0. The highest BCUT2D eigenvalue weighted by molar-refractivity contribution is 5.72. The third kappa shape index (κ3) is 23.6. The Kier molecular flexibility index (Phi) is 23.8. The van der Waals surface area contributed by atoms with Gasteiger partial charge in [-0.05, 0) is 26.2 Å². The first-order valence-corrected chi connectivity index (χ1v) is 13.9. The molecule has 4 heteroatoms. The molecule has 0 aliphatic carbocycles. The molecule has 0 aromatic heterocycles. The summed E-state index contributed by atoms with van der Waals surface area (Å²) in [6.07, 6.45) is 24.1. The molecule has 0 aliphatic heterocycles. The summed E-state index contributed by atoms with van der Waals surface area (Å²) in [4.78, 5) is 23.5. The van der Waals surface area contributed by atoms with E-state index in [1.165, 1.54) is 83.5 Å². The molecule has 0 fully saturated rings. The summed E-state index contributed by atoms with van der Waals surface area (Å²) in [5.41, 5.74) is 0. The molecule has 190 valence electrons. The fourth-order valence-electron chi connectivity index (χ4n) is 3.94. The van der Waals surface area contributed by atoms with Crippen molar-refractivity contribution in [1.82, 2.24) is 0 Å². The molecule has 0 aliphatic rings. The van der Waals surface area contributed by atoms with Gasteiger partial charge in [0.15, 0.2) is 0 Å². The molecule has 0 aromatic carbocycles. The summed E-state index contributed by atoms with van der Waals surface area (Å²) < 4.78 is 10.6. The molecule has 1 unspecified atom stereocenters. The van der Waals surface area contributed by atoms with E-state index in [1.807, 2.05) is 6.92 Å². The van der Waals surface area contributed by atoms with Crippen molar-refractivity contribution in [2.75, 3.05) is 6.61 Å². The van der Waals surface area contributed by atoms with Gasteiger partial charge in [-0.25, -0.2) is 0 Å². The first-order chi connectivity index (χ1) is 15.6. The molecule has 0 radical (unpaired) electrons. The molecule has 0 bridgehead atoms. The van der Waals surface area contributed by atoms with Crippen molar-refractivity contribution < 1.29 is 19.1 Å². The van der Waals surface area contributed by atoms with Crippen LogP contribution in [0.25, 0.3) is 0 Å². The first kappa shape index (κ1) is 30.9. The maximum absolute atomic E-state index is 11.8. The van der Waals surface area contributed by atoms with E-state index in [2.05, 4.69) is 13.8 Å². The third-order valence-corrected chi connectivity index (χ3v) is 6.07. The molecule has 4 nitrogen and oxygen atoms in total. The zero-order valence-electron chi connectivity index (χ0n) is 21.8. The van der Waals surface area contributed by atoms with Gasteiger partial charge in [-0.1, -0.05) is 117 Å². The molecular weight excluding hydrogens is 400 g/mol. The number of rotatable bonds is 24. The Morgan fingerprint density at radius 1 is 0.562 bits per heavy atom. The average molecular weight is 455 g/mol. The Morgan fingerprint density at radius 2 is 1.00 bits per heavy atom. The minimum Gasteiger partial charge on any atom is -0.466 e. The van der Waals surface area contributed by atoms with E-state index in [0.29, 0.717) is 25.9 Å². The van der Waals surface area contributed by atoms with Crippen molar-refractivity contribution in [1.29, 1.82) is 0 Å². The maximum Gasteiger partial charge on any atom is 0.306 e. The number of unbranched alkanes of at least 4 members (excludes halogenated alkanes) is 15. The molecule has 0 heterocycles. The lowest BCUT2D eigenvalue weighted by Crippen LogP contribution is -2.15. The van der Waals surface area contributed by atoms with Crippen LogP contribution in [-0.2, 0) is 19.1 Å². The normalized spacial score (nSPS) is 12.0. The molecule has 32 heavy (non-hydrogen) atoms. The summed E-state index contributed by atoms with van der Waals surface area (Å²) in [5.74, 6) is -0.397. The molecular formula is C28H54O4. The molecule has 0 spiro atoms. The van der Waals surface area contributed by atoms with Crippen molar-refractivity contribution >= 4 is 11.9 Å². The predicted octanol–water partition coefficient (Wildman–Crippen LogP) is 8.69. The molecule has 0 N–H and O–H groups in total. The summed E-state index contributed by atoms with van der Waals surface area (Å²) in [6.45, 7) is 6.84. The zero-order valence-corrected chi connectivity index (χ0v) is 21.8. The standard InChI is InChI=1S/C28H54O4/c1-4-6-8-9-10-11-12-13-14-15-16-17-18-19-20-25-31-27(29)23-21-24-28(30)32-26(3)22-7-5-2/h26H,4-25H2,1-3H3. The van der Waals surface area contributed by atoms with Gasteiger partial charge in [-0.3, -0.25) is 9.59 Å². The van der Waals surface area contributed by atoms with Crippen molar-refractivity contribution in [2.24, 2.45) is 0 Å². The van der Waals surface area contributed by atoms with Gasteiger partial charge in [0.25, 0.3) is 0 Å². The monoisotopic (exact) mass is 454 g/mol. The molecule has 0 saturated carbocycles. The molecule has 1 atom stereocenters. The lowest BCUT2D eigenvalue weighted by atomic mass is 10.0. The summed E-state index contributed by atoms with van der Waals surface area (Å²) >= 11 is 0. The fourth-order valence-corrected chi connectivity index (χ4v) is 3.94. The number of carbonyl (C=O) groups is 2. The van der Waals surface area contributed by atoms with E-state index in [1.54, 1.807) is 0 Å². The predicted molar refractivity (Wildman–Crippen MR) is 135 cm³/mol. The highest BCUT2D eigenvalue weighted by atomic mass is 16.5. The van der Waals surface area contributed by atoms with Gasteiger partial charge in [0.2, 0.25) is 0 Å². The number of hydrogen-bond donors (Lipinski definition) is 0. The van der Waals surface area contributed by atoms with E-state index in [-0.39, 0.29) is 18.0 Å². The number of esters is 2. The van der Waals surface area contributed by atoms with Crippen LogP contribution in [0.15, 0.2) is 0 Å². The quantitative estimate of drug-likeness (QED) is 0.108. The Balaban J connectivity index is 3.30. The van der Waals surface area contributed by atoms with Crippen LogP contribution in [0, 0.1) is 0 Å². The highest BCUT2D eigenvalue weighted by Gasteiger charge is 2.10. The molecule has 0 aromatic rings. The van der Waals surface area contributed by atoms with Gasteiger partial charge in [0.1, 0.15) is 0 Å². The van der Waals surface area contributed by atoms with E-state index in [9.17, 15) is 9.59 Å². The topological polar surface area (TPSA) is 52.6 Å². The Labute approximate surface area is 199 Å². The zero-order chi connectivity index (χ0) is 23.7. The van der Waals surface area contributed by atoms with Crippen molar-refractivity contribution in [3.05, 3.63) is 0 Å². The van der Waals surface area contributed by atoms with E-state index < -0.39 is 0 Å². The second-order valence-electron chi connectivity index (χ2n) is 9.47. The number of hydrogen-bond acceptors (Lipinski definition) is 4. The number of carbonyl (C=O) groups excluding carboxylic acids is 2. The van der Waals surface area contributed by atoms with Crippen LogP contribution in [0.2, 0.25) is 0 Å². The number of ether oxygens (including phenoxy) is 2. The van der Waals surface area contributed by atoms with Crippen LogP contribution in [-0.4, -0.2) is 24.6 Å². The van der Waals surface area contributed by atoms with Crippen LogP contribution in [0.4, 0.5) is 0 Å². The second kappa shape index (κ2) is 24.6. The van der Waals surface area contributed by atoms with Gasteiger partial charge in [0.05, 0.1) is 12.7 Å². The minimum absolute atomic E-state index is 0.0282. The van der Waals surface area contributed by atoms with Crippen LogP contribution in [0.3, 0.4) is 0 Å². The molecule has 0 rings (SSSR count). The van der Waals surface area contributed by atoms with Crippen LogP contribution < -0.4 is 0 Å². The van der Waals surface area contributed by atoms with Crippen molar-refractivity contribution in [3.63, 3.8) is 0 Å². The Morgan fingerprint density at radius 3 is 1.50 bits per heavy atom. The SMILES string of the molecule is CCCCCCCCCCCCCCCCCOC(=O)CCCC(=O)OC(C)CCCC. The third-order valence-electron chi connectivity index (χ3n) is 6.07. The Hall–Kier alpha value is -1.06. The van der Waals surface area contributed by atoms with Gasteiger partial charge in [-0.15, -0.1) is 0 Å². The van der Waals surface area contributed by atoms with Crippen molar-refractivity contribution in [3.8, 4) is 0 Å². The fraction of sp³-hybridized carbons (Fsp3) is 0.929. The van der Waals surface area contributed by atoms with E-state index in [0.717, 1.165) is 32.1 Å². The largest absolute Gasteiger partial charge is 0.466 e. The second-order valence-corrected chi connectivity index (χ2v) is 9.47. The summed E-state index contributed by atoms with van der Waals surface area (Å²) in [6, 6.07) is 0. The minimum atomic E-state index is -0.205. The molecule has 0 amide bonds. The maximum atomic E-state index is 11.8. The van der Waals surface area contributed by atoms with Crippen LogP contribution in [0.1, 0.15) is 156 Å². The Bertz CT molecular complexity index is 422. The van der Waals surface area contributed by atoms with Crippen molar-refractivity contribution in [2.45, 2.75) is 162 Å². The average Bonchev–Trinajstić information content (AvgIpc) is 2.77. The molecule has 0 saturated heterocycles. The van der Waals surface area contributed by atoms with Crippen LogP contribution >= 0.6 is 0 Å². The van der Waals surface area contributed by atoms with Gasteiger partial charge >= 0.3 is 11.9 Å². The van der Waals surface area contributed by atoms with E-state index >= 15 is 0 Å². The lowest BCUT2D eigenvalue weighted by molar-refractivity contribution is -0.149. The van der Waals surface area contributed by atoms with Gasteiger partial charge in [-0.2, -0.15) is 0 Å². The van der Waals surface area contributed by atoms with E-state index in [4.69, 9.17) is 9.47 Å². The summed E-state index contributed by atoms with van der Waals surface area (Å²) in [7, 11) is 0. The lowest BCUT2D eigenvalue weighted by Gasteiger charge is -2.12. The first-order valence-electron chi connectivity index (χ1n) is 13.9. The van der Waals surface area contributed by atoms with Gasteiger partial charge < -0.3 is 9.47 Å².